The lowest BCUT2D eigenvalue weighted by atomic mass is 10.1. The summed E-state index contributed by atoms with van der Waals surface area (Å²) in [5.74, 6) is 0.938. The van der Waals surface area contributed by atoms with Gasteiger partial charge in [-0.1, -0.05) is 6.92 Å². The van der Waals surface area contributed by atoms with Crippen LogP contribution in [0.2, 0.25) is 0 Å². The average Bonchev–Trinajstić information content (AvgIpc) is 2.12. The van der Waals surface area contributed by atoms with Gasteiger partial charge in [-0.25, -0.2) is 4.99 Å². The van der Waals surface area contributed by atoms with Gasteiger partial charge in [-0.2, -0.15) is 0 Å². The van der Waals surface area contributed by atoms with E-state index >= 15 is 0 Å². The molecular weight excluding hydrogens is 126 g/mol. The number of ether oxygens (including phenoxy) is 1. The first kappa shape index (κ1) is 7.58. The molecule has 0 saturated heterocycles. The van der Waals surface area contributed by atoms with Crippen molar-refractivity contribution in [3.05, 3.63) is 0 Å². The normalized spacial score (nSPS) is 22.1. The molecule has 0 aromatic rings. The van der Waals surface area contributed by atoms with Gasteiger partial charge < -0.3 is 4.74 Å². The summed E-state index contributed by atoms with van der Waals surface area (Å²) in [6, 6.07) is 0. The van der Waals surface area contributed by atoms with Crippen molar-refractivity contribution in [2.24, 2.45) is 4.99 Å². The van der Waals surface area contributed by atoms with E-state index < -0.39 is 0 Å². The molecule has 0 fully saturated rings. The summed E-state index contributed by atoms with van der Waals surface area (Å²) < 4.78 is 5.36. The summed E-state index contributed by atoms with van der Waals surface area (Å²) in [7, 11) is 0. The van der Waals surface area contributed by atoms with Crippen LogP contribution < -0.4 is 0 Å². The van der Waals surface area contributed by atoms with Crippen LogP contribution >= 0.6 is 0 Å². The smallest absolute Gasteiger partial charge is 0.183 e. The summed E-state index contributed by atoms with van der Waals surface area (Å²) in [5.41, 5.74) is 0.0322. The van der Waals surface area contributed by atoms with Crippen molar-refractivity contribution in [1.82, 2.24) is 0 Å². The van der Waals surface area contributed by atoms with E-state index in [9.17, 15) is 0 Å². The first-order valence-corrected chi connectivity index (χ1v) is 3.85. The molecule has 0 radical (unpaired) electrons. The molecule has 1 rings (SSSR count). The van der Waals surface area contributed by atoms with Crippen molar-refractivity contribution in [2.75, 3.05) is 6.61 Å². The molecule has 0 aromatic heterocycles. The predicted octanol–water partition coefficient (Wildman–Crippen LogP) is 1.99. The molecule has 0 unspecified atom stereocenters. The van der Waals surface area contributed by atoms with E-state index in [1.807, 2.05) is 0 Å². The minimum atomic E-state index is 0.0322. The quantitative estimate of drug-likeness (QED) is 0.576. The van der Waals surface area contributed by atoms with Gasteiger partial charge in [0.05, 0.1) is 5.54 Å². The Bertz CT molecular complexity index is 149. The lowest BCUT2D eigenvalue weighted by molar-refractivity contribution is 0.273. The first-order valence-electron chi connectivity index (χ1n) is 3.85. The van der Waals surface area contributed by atoms with Gasteiger partial charge in [0.1, 0.15) is 6.61 Å². The highest BCUT2D eigenvalue weighted by molar-refractivity contribution is 5.78. The molecule has 1 heterocycles. The molecule has 10 heavy (non-hydrogen) atoms. The van der Waals surface area contributed by atoms with Crippen LogP contribution in [0.4, 0.5) is 0 Å². The van der Waals surface area contributed by atoms with E-state index in [0.717, 1.165) is 25.3 Å². The van der Waals surface area contributed by atoms with Crippen LogP contribution in [0.1, 0.15) is 33.6 Å². The van der Waals surface area contributed by atoms with Crippen LogP contribution in [0, 0.1) is 0 Å². The van der Waals surface area contributed by atoms with E-state index in [4.69, 9.17) is 4.74 Å². The summed E-state index contributed by atoms with van der Waals surface area (Å²) >= 11 is 0. The molecular formula is C8H15NO. The van der Waals surface area contributed by atoms with E-state index in [1.54, 1.807) is 0 Å². The van der Waals surface area contributed by atoms with E-state index in [0.29, 0.717) is 0 Å². The molecule has 0 aliphatic carbocycles. The van der Waals surface area contributed by atoms with Gasteiger partial charge in [-0.05, 0) is 20.3 Å². The van der Waals surface area contributed by atoms with Gasteiger partial charge in [0.25, 0.3) is 0 Å². The third kappa shape index (κ3) is 1.72. The van der Waals surface area contributed by atoms with Crippen molar-refractivity contribution in [3.63, 3.8) is 0 Å². The van der Waals surface area contributed by atoms with E-state index in [1.165, 1.54) is 0 Å². The average molecular weight is 141 g/mol. The second-order valence-electron chi connectivity index (χ2n) is 3.36. The Hall–Kier alpha value is -0.530. The Balaban J connectivity index is 2.49. The fourth-order valence-corrected chi connectivity index (χ4v) is 1.00. The number of nitrogens with zero attached hydrogens (tertiary/aromatic N) is 1. The molecule has 0 saturated carbocycles. The van der Waals surface area contributed by atoms with Gasteiger partial charge in [0, 0.05) is 6.42 Å². The maximum Gasteiger partial charge on any atom is 0.183 e. The predicted molar refractivity (Wildman–Crippen MR) is 42.4 cm³/mol. The van der Waals surface area contributed by atoms with Crippen molar-refractivity contribution >= 4 is 5.90 Å². The standard InChI is InChI=1S/C8H15NO/c1-4-5-7-9-8(2,3)6-10-7/h4-6H2,1-3H3. The van der Waals surface area contributed by atoms with Gasteiger partial charge in [0.2, 0.25) is 0 Å². The van der Waals surface area contributed by atoms with Crippen molar-refractivity contribution < 1.29 is 4.74 Å². The minimum absolute atomic E-state index is 0.0322. The van der Waals surface area contributed by atoms with Crippen molar-refractivity contribution in [1.29, 1.82) is 0 Å². The molecule has 0 atom stereocenters. The number of rotatable bonds is 2. The first-order chi connectivity index (χ1) is 4.64. The van der Waals surface area contributed by atoms with Crippen molar-refractivity contribution in [3.8, 4) is 0 Å². The lowest BCUT2D eigenvalue weighted by Gasteiger charge is -2.07. The summed E-state index contributed by atoms with van der Waals surface area (Å²) in [6.07, 6.45) is 2.11. The van der Waals surface area contributed by atoms with Gasteiger partial charge in [-0.15, -0.1) is 0 Å². The zero-order chi connectivity index (χ0) is 7.61. The molecule has 2 nitrogen and oxygen atoms in total. The van der Waals surface area contributed by atoms with Gasteiger partial charge >= 0.3 is 0 Å². The van der Waals surface area contributed by atoms with Gasteiger partial charge in [0.15, 0.2) is 5.90 Å². The maximum absolute atomic E-state index is 5.36. The Labute approximate surface area is 62.3 Å². The number of hydrogen-bond donors (Lipinski definition) is 0. The van der Waals surface area contributed by atoms with Crippen LogP contribution in [0.5, 0.6) is 0 Å². The van der Waals surface area contributed by atoms with E-state index in [-0.39, 0.29) is 5.54 Å². The molecule has 0 aromatic carbocycles. The van der Waals surface area contributed by atoms with Crippen molar-refractivity contribution in [2.45, 2.75) is 39.2 Å². The molecule has 1 aliphatic rings. The Kier molecular flexibility index (Phi) is 1.97. The zero-order valence-electron chi connectivity index (χ0n) is 6.98. The highest BCUT2D eigenvalue weighted by Crippen LogP contribution is 2.18. The highest BCUT2D eigenvalue weighted by Gasteiger charge is 2.25. The van der Waals surface area contributed by atoms with Gasteiger partial charge in [-0.3, -0.25) is 0 Å². The topological polar surface area (TPSA) is 21.6 Å². The van der Waals surface area contributed by atoms with E-state index in [2.05, 4.69) is 25.8 Å². The monoisotopic (exact) mass is 141 g/mol. The molecule has 0 bridgehead atoms. The third-order valence-corrected chi connectivity index (χ3v) is 1.48. The fraction of sp³-hybridized carbons (Fsp3) is 0.875. The second kappa shape index (κ2) is 2.60. The van der Waals surface area contributed by atoms with Crippen LogP contribution in [0.25, 0.3) is 0 Å². The van der Waals surface area contributed by atoms with Crippen LogP contribution in [0.3, 0.4) is 0 Å². The lowest BCUT2D eigenvalue weighted by Crippen LogP contribution is -2.17. The molecule has 58 valence electrons. The maximum atomic E-state index is 5.36. The Morgan fingerprint density at radius 1 is 1.60 bits per heavy atom. The zero-order valence-corrected chi connectivity index (χ0v) is 6.98. The fourth-order valence-electron chi connectivity index (χ4n) is 1.00. The summed E-state index contributed by atoms with van der Waals surface area (Å²) in [4.78, 5) is 4.40. The number of aliphatic imine (C=N–C) groups is 1. The number of hydrogen-bond acceptors (Lipinski definition) is 2. The summed E-state index contributed by atoms with van der Waals surface area (Å²) in [5, 5.41) is 0. The second-order valence-corrected chi connectivity index (χ2v) is 3.36. The SMILES string of the molecule is CCCC1=NC(C)(C)CO1. The minimum Gasteiger partial charge on any atom is -0.478 e. The molecule has 2 heteroatoms. The van der Waals surface area contributed by atoms with Crippen LogP contribution in [-0.4, -0.2) is 18.0 Å². The van der Waals surface area contributed by atoms with Crippen LogP contribution in [-0.2, 0) is 4.74 Å². The Morgan fingerprint density at radius 3 is 2.70 bits per heavy atom. The molecule has 0 N–H and O–H groups in total. The van der Waals surface area contributed by atoms with Crippen LogP contribution in [0.15, 0.2) is 4.99 Å². The molecule has 0 spiro atoms. The third-order valence-electron chi connectivity index (χ3n) is 1.48. The largest absolute Gasteiger partial charge is 0.478 e. The Morgan fingerprint density at radius 2 is 2.30 bits per heavy atom. The molecule has 1 aliphatic heterocycles. The highest BCUT2D eigenvalue weighted by atomic mass is 16.5. The summed E-state index contributed by atoms with van der Waals surface area (Å²) in [6.45, 7) is 7.07. The molecule has 0 amide bonds.